The Bertz CT molecular complexity index is 379. The lowest BCUT2D eigenvalue weighted by Crippen LogP contribution is -2.38. The Labute approximate surface area is 98.8 Å². The van der Waals surface area contributed by atoms with Gasteiger partial charge in [0.25, 0.3) is 6.43 Å². The van der Waals surface area contributed by atoms with Crippen molar-refractivity contribution >= 4 is 5.69 Å². The van der Waals surface area contributed by atoms with Crippen LogP contribution in [-0.4, -0.2) is 24.2 Å². The molecule has 0 amide bonds. The molecule has 0 spiro atoms. The van der Waals surface area contributed by atoms with E-state index in [9.17, 15) is 13.9 Å². The molecule has 1 fully saturated rings. The minimum absolute atomic E-state index is 0.117. The summed E-state index contributed by atoms with van der Waals surface area (Å²) in [6, 6.07) is 4.20. The molecule has 5 heteroatoms. The van der Waals surface area contributed by atoms with Crippen LogP contribution >= 0.6 is 0 Å². The predicted octanol–water partition coefficient (Wildman–Crippen LogP) is 2.49. The molecule has 3 nitrogen and oxygen atoms in total. The Morgan fingerprint density at radius 1 is 1.41 bits per heavy atom. The highest BCUT2D eigenvalue weighted by molar-refractivity contribution is 5.57. The average molecular weight is 242 g/mol. The maximum Gasteiger partial charge on any atom is 0.263 e. The fourth-order valence-corrected chi connectivity index (χ4v) is 2.00. The van der Waals surface area contributed by atoms with Gasteiger partial charge >= 0.3 is 0 Å². The van der Waals surface area contributed by atoms with Crippen molar-refractivity contribution < 1.29 is 13.9 Å². The fraction of sp³-hybridized carbons (Fsp3) is 0.500. The van der Waals surface area contributed by atoms with Crippen molar-refractivity contribution in [3.63, 3.8) is 0 Å². The molecule has 1 aliphatic rings. The molecule has 0 bridgehead atoms. The number of phenolic OH excluding ortho intramolecular Hbond substituents is 1. The summed E-state index contributed by atoms with van der Waals surface area (Å²) < 4.78 is 24.8. The van der Waals surface area contributed by atoms with Crippen LogP contribution in [0.5, 0.6) is 5.75 Å². The predicted molar refractivity (Wildman–Crippen MR) is 62.6 cm³/mol. The van der Waals surface area contributed by atoms with Crippen molar-refractivity contribution in [1.29, 1.82) is 0 Å². The summed E-state index contributed by atoms with van der Waals surface area (Å²) in [6.45, 7) is 1.84. The summed E-state index contributed by atoms with van der Waals surface area (Å²) in [7, 11) is 0. The van der Waals surface area contributed by atoms with E-state index in [0.29, 0.717) is 5.69 Å². The van der Waals surface area contributed by atoms with Gasteiger partial charge in [0.1, 0.15) is 5.75 Å². The molecule has 17 heavy (non-hydrogen) atoms. The number of piperidine rings is 1. The average Bonchev–Trinajstić information content (AvgIpc) is 2.33. The monoisotopic (exact) mass is 242 g/mol. The molecule has 2 rings (SSSR count). The standard InChI is InChI=1S/C12H16F2N2O/c13-12(14)8-3-4-10(11(17)6-8)16-9-2-1-5-15-7-9/h3-4,6,9,12,15-17H,1-2,5,7H2. The summed E-state index contributed by atoms with van der Waals surface area (Å²) in [4.78, 5) is 0. The summed E-state index contributed by atoms with van der Waals surface area (Å²) in [6.07, 6.45) is -0.456. The number of phenols is 1. The number of aromatic hydroxyl groups is 1. The Morgan fingerprint density at radius 3 is 2.82 bits per heavy atom. The molecular formula is C12H16F2N2O. The van der Waals surface area contributed by atoms with Gasteiger partial charge in [0.05, 0.1) is 5.69 Å². The molecule has 0 aromatic heterocycles. The highest BCUT2D eigenvalue weighted by Gasteiger charge is 2.15. The Balaban J connectivity index is 2.05. The number of anilines is 1. The molecule has 1 atom stereocenters. The first-order valence-corrected chi connectivity index (χ1v) is 5.75. The summed E-state index contributed by atoms with van der Waals surface area (Å²) in [5, 5.41) is 16.1. The molecule has 1 saturated heterocycles. The van der Waals surface area contributed by atoms with Gasteiger partial charge in [-0.1, -0.05) is 6.07 Å². The molecular weight excluding hydrogens is 226 g/mol. The maximum absolute atomic E-state index is 12.4. The van der Waals surface area contributed by atoms with Crippen molar-refractivity contribution in [2.24, 2.45) is 0 Å². The van der Waals surface area contributed by atoms with Gasteiger partial charge in [-0.2, -0.15) is 0 Å². The molecule has 3 N–H and O–H groups in total. The van der Waals surface area contributed by atoms with Crippen molar-refractivity contribution in [3.8, 4) is 5.75 Å². The number of alkyl halides is 2. The lowest BCUT2D eigenvalue weighted by atomic mass is 10.1. The van der Waals surface area contributed by atoms with Crippen molar-refractivity contribution in [2.45, 2.75) is 25.3 Å². The highest BCUT2D eigenvalue weighted by atomic mass is 19.3. The highest BCUT2D eigenvalue weighted by Crippen LogP contribution is 2.30. The van der Waals surface area contributed by atoms with Crippen molar-refractivity contribution in [1.82, 2.24) is 5.32 Å². The number of benzene rings is 1. The van der Waals surface area contributed by atoms with Crippen LogP contribution in [0.2, 0.25) is 0 Å². The van der Waals surface area contributed by atoms with Crippen LogP contribution in [0.15, 0.2) is 18.2 Å². The van der Waals surface area contributed by atoms with Crippen LogP contribution in [0.25, 0.3) is 0 Å². The second kappa shape index (κ2) is 5.31. The first-order valence-electron chi connectivity index (χ1n) is 5.75. The molecule has 0 radical (unpaired) electrons. The van der Waals surface area contributed by atoms with E-state index >= 15 is 0 Å². The Morgan fingerprint density at radius 2 is 2.24 bits per heavy atom. The number of hydrogen-bond acceptors (Lipinski definition) is 3. The van der Waals surface area contributed by atoms with E-state index in [1.54, 1.807) is 0 Å². The van der Waals surface area contributed by atoms with Crippen LogP contribution in [0.3, 0.4) is 0 Å². The van der Waals surface area contributed by atoms with E-state index in [1.807, 2.05) is 0 Å². The van der Waals surface area contributed by atoms with Crippen molar-refractivity contribution in [3.05, 3.63) is 23.8 Å². The lowest BCUT2D eigenvalue weighted by molar-refractivity contribution is 0.151. The second-order valence-corrected chi connectivity index (χ2v) is 4.26. The summed E-state index contributed by atoms with van der Waals surface area (Å²) in [5.41, 5.74) is 0.359. The van der Waals surface area contributed by atoms with Crippen molar-refractivity contribution in [2.75, 3.05) is 18.4 Å². The maximum atomic E-state index is 12.4. The molecule has 1 aromatic carbocycles. The van der Waals surface area contributed by atoms with Gasteiger partial charge in [-0.05, 0) is 31.5 Å². The molecule has 1 aliphatic heterocycles. The Hall–Kier alpha value is -1.36. The number of nitrogens with one attached hydrogen (secondary N) is 2. The third-order valence-electron chi connectivity index (χ3n) is 2.93. The van der Waals surface area contributed by atoms with E-state index in [4.69, 9.17) is 0 Å². The van der Waals surface area contributed by atoms with Gasteiger partial charge in [-0.25, -0.2) is 8.78 Å². The minimum atomic E-state index is -2.55. The zero-order chi connectivity index (χ0) is 12.3. The molecule has 1 heterocycles. The largest absolute Gasteiger partial charge is 0.506 e. The molecule has 94 valence electrons. The SMILES string of the molecule is Oc1cc(C(F)F)ccc1NC1CCCNC1. The van der Waals surface area contributed by atoms with Gasteiger partial charge in [-0.3, -0.25) is 0 Å². The Kier molecular flexibility index (Phi) is 3.78. The zero-order valence-electron chi connectivity index (χ0n) is 9.42. The number of rotatable bonds is 3. The zero-order valence-corrected chi connectivity index (χ0v) is 9.42. The van der Waals surface area contributed by atoms with E-state index in [0.717, 1.165) is 32.0 Å². The first kappa shape index (κ1) is 12.1. The third kappa shape index (κ3) is 3.06. The van der Waals surface area contributed by atoms with Gasteiger partial charge in [0.15, 0.2) is 0 Å². The van der Waals surface area contributed by atoms with Crippen LogP contribution in [-0.2, 0) is 0 Å². The lowest BCUT2D eigenvalue weighted by Gasteiger charge is -2.25. The number of halogens is 2. The normalized spacial score (nSPS) is 20.5. The topological polar surface area (TPSA) is 44.3 Å². The van der Waals surface area contributed by atoms with Gasteiger partial charge in [0.2, 0.25) is 0 Å². The van der Waals surface area contributed by atoms with Crippen LogP contribution in [0, 0.1) is 0 Å². The molecule has 0 aliphatic carbocycles. The van der Waals surface area contributed by atoms with Crippen LogP contribution in [0.4, 0.5) is 14.5 Å². The van der Waals surface area contributed by atoms with Crippen LogP contribution < -0.4 is 10.6 Å². The summed E-state index contributed by atoms with van der Waals surface area (Å²) in [5.74, 6) is -0.117. The smallest absolute Gasteiger partial charge is 0.263 e. The van der Waals surface area contributed by atoms with Gasteiger partial charge in [-0.15, -0.1) is 0 Å². The minimum Gasteiger partial charge on any atom is -0.506 e. The van der Waals surface area contributed by atoms with E-state index < -0.39 is 6.43 Å². The van der Waals surface area contributed by atoms with Gasteiger partial charge < -0.3 is 15.7 Å². The molecule has 1 aromatic rings. The van der Waals surface area contributed by atoms with E-state index in [2.05, 4.69) is 10.6 Å². The third-order valence-corrected chi connectivity index (χ3v) is 2.93. The number of hydrogen-bond donors (Lipinski definition) is 3. The quantitative estimate of drug-likeness (QED) is 0.713. The van der Waals surface area contributed by atoms with E-state index in [-0.39, 0.29) is 17.4 Å². The van der Waals surface area contributed by atoms with Gasteiger partial charge in [0, 0.05) is 18.2 Å². The van der Waals surface area contributed by atoms with Crippen LogP contribution in [0.1, 0.15) is 24.8 Å². The first-order chi connectivity index (χ1) is 8.16. The fourth-order valence-electron chi connectivity index (χ4n) is 2.00. The van der Waals surface area contributed by atoms with E-state index in [1.165, 1.54) is 12.1 Å². The molecule has 0 saturated carbocycles. The second-order valence-electron chi connectivity index (χ2n) is 4.26. The summed E-state index contributed by atoms with van der Waals surface area (Å²) >= 11 is 0. The molecule has 1 unspecified atom stereocenters.